The first-order chi connectivity index (χ1) is 10.1. The predicted octanol–water partition coefficient (Wildman–Crippen LogP) is 3.01. The monoisotopic (exact) mass is 308 g/mol. The van der Waals surface area contributed by atoms with Gasteiger partial charge in [-0.1, -0.05) is 12.1 Å². The smallest absolute Gasteiger partial charge is 0.410 e. The third kappa shape index (κ3) is 4.28. The number of nitro benzene ring substituents is 1. The molecule has 1 unspecified atom stereocenters. The van der Waals surface area contributed by atoms with Crippen LogP contribution in [0.3, 0.4) is 0 Å². The van der Waals surface area contributed by atoms with Crippen molar-refractivity contribution in [1.82, 2.24) is 4.90 Å². The lowest BCUT2D eigenvalue weighted by atomic mass is 10.0. The van der Waals surface area contributed by atoms with Gasteiger partial charge in [-0.2, -0.15) is 0 Å². The van der Waals surface area contributed by atoms with Gasteiger partial charge >= 0.3 is 6.09 Å². The van der Waals surface area contributed by atoms with Crippen molar-refractivity contribution in [2.24, 2.45) is 0 Å². The number of aldehydes is 1. The Bertz CT molecular complexity index is 592. The second-order valence-corrected chi connectivity index (χ2v) is 5.98. The maximum absolute atomic E-state index is 12.0. The average Bonchev–Trinajstić information content (AvgIpc) is 2.38. The Labute approximate surface area is 129 Å². The van der Waals surface area contributed by atoms with Gasteiger partial charge in [-0.05, 0) is 33.3 Å². The number of benzene rings is 1. The molecule has 1 aromatic rings. The molecule has 0 aliphatic carbocycles. The highest BCUT2D eigenvalue weighted by atomic mass is 16.6. The van der Waals surface area contributed by atoms with E-state index in [1.807, 2.05) is 0 Å². The van der Waals surface area contributed by atoms with Gasteiger partial charge in [-0.25, -0.2) is 4.79 Å². The number of nitro groups is 1. The van der Waals surface area contributed by atoms with Gasteiger partial charge in [0.25, 0.3) is 5.69 Å². The minimum absolute atomic E-state index is 0.0954. The van der Waals surface area contributed by atoms with E-state index in [-0.39, 0.29) is 5.69 Å². The number of amides is 1. The lowest BCUT2D eigenvalue weighted by Gasteiger charge is -2.28. The number of carbonyl (C=O) groups is 2. The van der Waals surface area contributed by atoms with Crippen molar-refractivity contribution >= 4 is 18.1 Å². The molecule has 0 aliphatic rings. The van der Waals surface area contributed by atoms with Crippen molar-refractivity contribution in [3.63, 3.8) is 0 Å². The predicted molar refractivity (Wildman–Crippen MR) is 80.6 cm³/mol. The van der Waals surface area contributed by atoms with Crippen LogP contribution < -0.4 is 0 Å². The van der Waals surface area contributed by atoms with Gasteiger partial charge in [0.2, 0.25) is 0 Å². The summed E-state index contributed by atoms with van der Waals surface area (Å²) in [4.78, 5) is 35.0. The van der Waals surface area contributed by atoms with Crippen LogP contribution in [0.4, 0.5) is 10.5 Å². The molecule has 0 heterocycles. The summed E-state index contributed by atoms with van der Waals surface area (Å²) in [6, 6.07) is 3.49. The lowest BCUT2D eigenvalue weighted by molar-refractivity contribution is -0.385. The van der Waals surface area contributed by atoms with E-state index in [0.29, 0.717) is 17.4 Å². The van der Waals surface area contributed by atoms with Gasteiger partial charge in [-0.3, -0.25) is 15.0 Å². The summed E-state index contributed by atoms with van der Waals surface area (Å²) in [5.74, 6) is 0. The fourth-order valence-electron chi connectivity index (χ4n) is 1.85. The third-order valence-electron chi connectivity index (χ3n) is 3.00. The Morgan fingerprint density at radius 3 is 2.45 bits per heavy atom. The van der Waals surface area contributed by atoms with E-state index < -0.39 is 22.7 Å². The molecule has 120 valence electrons. The zero-order valence-corrected chi connectivity index (χ0v) is 13.3. The summed E-state index contributed by atoms with van der Waals surface area (Å²) in [7, 11) is 1.42. The number of rotatable bonds is 4. The molecule has 1 aromatic carbocycles. The number of carbonyl (C=O) groups excluding carboxylic acids is 2. The summed E-state index contributed by atoms with van der Waals surface area (Å²) in [6.07, 6.45) is -0.119. The molecule has 1 amide bonds. The number of likely N-dealkylation sites (N-methyl/N-ethyl adjacent to an activating group) is 1. The number of ether oxygens (including phenoxy) is 1. The highest BCUT2D eigenvalue weighted by Gasteiger charge is 2.27. The second kappa shape index (κ2) is 6.55. The molecule has 22 heavy (non-hydrogen) atoms. The molecule has 0 N–H and O–H groups in total. The van der Waals surface area contributed by atoms with Crippen molar-refractivity contribution in [3.05, 3.63) is 39.4 Å². The molecule has 7 heteroatoms. The fraction of sp³-hybridized carbons (Fsp3) is 0.467. The molecule has 1 atom stereocenters. The highest BCUT2D eigenvalue weighted by Crippen LogP contribution is 2.26. The average molecular weight is 308 g/mol. The van der Waals surface area contributed by atoms with E-state index in [9.17, 15) is 19.7 Å². The van der Waals surface area contributed by atoms with E-state index in [1.165, 1.54) is 13.1 Å². The fourth-order valence-corrected chi connectivity index (χ4v) is 1.85. The second-order valence-electron chi connectivity index (χ2n) is 5.98. The van der Waals surface area contributed by atoms with E-state index in [4.69, 9.17) is 4.74 Å². The summed E-state index contributed by atoms with van der Waals surface area (Å²) in [5.41, 5.74) is 0.0545. The topological polar surface area (TPSA) is 89.8 Å². The Balaban J connectivity index is 3.11. The number of hydrogen-bond acceptors (Lipinski definition) is 5. The van der Waals surface area contributed by atoms with Crippen LogP contribution >= 0.6 is 0 Å². The molecule has 7 nitrogen and oxygen atoms in total. The zero-order valence-electron chi connectivity index (χ0n) is 13.3. The number of hydrogen-bond donors (Lipinski definition) is 0. The minimum atomic E-state index is -0.950. The Kier molecular flexibility index (Phi) is 5.24. The third-order valence-corrected chi connectivity index (χ3v) is 3.00. The van der Waals surface area contributed by atoms with Crippen LogP contribution in [-0.2, 0) is 9.53 Å². The van der Waals surface area contributed by atoms with Crippen molar-refractivity contribution in [1.29, 1.82) is 0 Å². The van der Waals surface area contributed by atoms with Gasteiger partial charge in [-0.15, -0.1) is 0 Å². The minimum Gasteiger partial charge on any atom is -0.444 e. The van der Waals surface area contributed by atoms with Crippen LogP contribution in [0.15, 0.2) is 18.2 Å². The highest BCUT2D eigenvalue weighted by molar-refractivity contribution is 5.75. The van der Waals surface area contributed by atoms with Gasteiger partial charge < -0.3 is 9.53 Å². The van der Waals surface area contributed by atoms with Crippen molar-refractivity contribution < 1.29 is 19.2 Å². The SMILES string of the molecule is Cc1ccc(C(C=O)N(C)C(=O)OC(C)(C)C)cc1[N+](=O)[O-]. The molecular weight excluding hydrogens is 288 g/mol. The molecule has 0 aliphatic heterocycles. The molecule has 0 bridgehead atoms. The van der Waals surface area contributed by atoms with E-state index in [1.54, 1.807) is 39.8 Å². The van der Waals surface area contributed by atoms with Crippen LogP contribution in [0.25, 0.3) is 0 Å². The summed E-state index contributed by atoms with van der Waals surface area (Å²) in [6.45, 7) is 6.75. The Morgan fingerprint density at radius 2 is 2.00 bits per heavy atom. The molecule has 0 aromatic heterocycles. The zero-order chi connectivity index (χ0) is 17.1. The van der Waals surface area contributed by atoms with E-state index in [0.717, 1.165) is 4.90 Å². The first-order valence-corrected chi connectivity index (χ1v) is 6.73. The van der Waals surface area contributed by atoms with Crippen molar-refractivity contribution in [2.45, 2.75) is 39.3 Å². The molecule has 0 radical (unpaired) electrons. The molecule has 1 rings (SSSR count). The van der Waals surface area contributed by atoms with Crippen LogP contribution in [0, 0.1) is 17.0 Å². The van der Waals surface area contributed by atoms with Crippen LogP contribution in [0.5, 0.6) is 0 Å². The molecule has 0 saturated heterocycles. The van der Waals surface area contributed by atoms with Crippen molar-refractivity contribution in [2.75, 3.05) is 7.05 Å². The first-order valence-electron chi connectivity index (χ1n) is 6.73. The maximum Gasteiger partial charge on any atom is 0.410 e. The Morgan fingerprint density at radius 1 is 1.41 bits per heavy atom. The quantitative estimate of drug-likeness (QED) is 0.484. The van der Waals surface area contributed by atoms with Crippen molar-refractivity contribution in [3.8, 4) is 0 Å². The maximum atomic E-state index is 12.0. The lowest BCUT2D eigenvalue weighted by Crippen LogP contribution is -2.37. The van der Waals surface area contributed by atoms with Gasteiger partial charge in [0.05, 0.1) is 4.92 Å². The van der Waals surface area contributed by atoms with E-state index >= 15 is 0 Å². The van der Waals surface area contributed by atoms with Crippen LogP contribution in [-0.4, -0.2) is 34.9 Å². The normalized spacial score (nSPS) is 12.4. The number of aryl methyl sites for hydroxylation is 1. The Hall–Kier alpha value is -2.44. The van der Waals surface area contributed by atoms with Gasteiger partial charge in [0.1, 0.15) is 17.9 Å². The molecule has 0 spiro atoms. The molecular formula is C15H20N2O5. The van der Waals surface area contributed by atoms with E-state index in [2.05, 4.69) is 0 Å². The largest absolute Gasteiger partial charge is 0.444 e. The summed E-state index contributed by atoms with van der Waals surface area (Å²) < 4.78 is 5.20. The summed E-state index contributed by atoms with van der Waals surface area (Å²) >= 11 is 0. The van der Waals surface area contributed by atoms with Gasteiger partial charge in [0.15, 0.2) is 0 Å². The molecule has 0 fully saturated rings. The van der Waals surface area contributed by atoms with Gasteiger partial charge in [0, 0.05) is 18.7 Å². The standard InChI is InChI=1S/C15H20N2O5/c1-10-6-7-11(8-12(10)17(20)21)13(9-18)16(5)14(19)22-15(2,3)4/h6-9,13H,1-5H3. The number of nitrogens with zero attached hydrogens (tertiary/aromatic N) is 2. The van der Waals surface area contributed by atoms with Crippen LogP contribution in [0.2, 0.25) is 0 Å². The van der Waals surface area contributed by atoms with Crippen LogP contribution in [0.1, 0.15) is 37.9 Å². The first kappa shape index (κ1) is 17.6. The summed E-state index contributed by atoms with van der Waals surface area (Å²) in [5, 5.41) is 11.0. The molecule has 0 saturated carbocycles.